The van der Waals surface area contributed by atoms with E-state index < -0.39 is 43.7 Å². The van der Waals surface area contributed by atoms with E-state index in [1.165, 1.54) is 0 Å². The van der Waals surface area contributed by atoms with Crippen LogP contribution in [0.2, 0.25) is 0 Å². The molecule has 19 heavy (non-hydrogen) atoms. The lowest BCUT2D eigenvalue weighted by Gasteiger charge is -2.24. The molecule has 8 nitrogen and oxygen atoms in total. The van der Waals surface area contributed by atoms with Gasteiger partial charge in [0.1, 0.15) is 24.4 Å². The van der Waals surface area contributed by atoms with Gasteiger partial charge in [-0.1, -0.05) is 13.3 Å². The second-order valence-corrected chi connectivity index (χ2v) is 4.11. The van der Waals surface area contributed by atoms with Gasteiger partial charge in [0.25, 0.3) is 0 Å². The number of rotatable bonds is 8. The monoisotopic (exact) mass is 286 g/mol. The van der Waals surface area contributed by atoms with Crippen molar-refractivity contribution in [2.45, 2.75) is 50.3 Å². The first-order chi connectivity index (χ1) is 8.85. The average Bonchev–Trinajstić information content (AvgIpc) is 2.44. The predicted molar refractivity (Wildman–Crippen MR) is 66.2 cm³/mol. The van der Waals surface area contributed by atoms with Gasteiger partial charge in [0.05, 0.1) is 25.9 Å². The fourth-order valence-corrected chi connectivity index (χ4v) is 1.10. The van der Waals surface area contributed by atoms with E-state index in [9.17, 15) is 0 Å². The number of aliphatic hydroxyl groups excluding tert-OH is 8. The Morgan fingerprint density at radius 1 is 0.684 bits per heavy atom. The molecule has 0 radical (unpaired) electrons. The fourth-order valence-electron chi connectivity index (χ4n) is 1.10. The van der Waals surface area contributed by atoms with Crippen molar-refractivity contribution in [2.75, 3.05) is 19.8 Å². The van der Waals surface area contributed by atoms with Crippen LogP contribution in [-0.4, -0.2) is 91.2 Å². The van der Waals surface area contributed by atoms with Crippen LogP contribution in [-0.2, 0) is 0 Å². The Morgan fingerprint density at radius 3 is 1.21 bits per heavy atom. The highest BCUT2D eigenvalue weighted by molar-refractivity contribution is 4.79. The molecule has 0 spiro atoms. The number of hydrogen-bond acceptors (Lipinski definition) is 8. The predicted octanol–water partition coefficient (Wildman–Crippen LogP) is -3.45. The van der Waals surface area contributed by atoms with Crippen molar-refractivity contribution < 1.29 is 40.9 Å². The molecule has 5 unspecified atom stereocenters. The van der Waals surface area contributed by atoms with Crippen LogP contribution in [0.3, 0.4) is 0 Å². The minimum absolute atomic E-state index is 0.103. The van der Waals surface area contributed by atoms with Gasteiger partial charge in [-0.25, -0.2) is 0 Å². The molecule has 0 aromatic carbocycles. The SMILES string of the molecule is CCCC(O)CO.OCC(O)C(O)C(O)C(O)CO. The highest BCUT2D eigenvalue weighted by Gasteiger charge is 2.29. The number of aliphatic hydroxyl groups is 8. The van der Waals surface area contributed by atoms with Crippen LogP contribution in [0.1, 0.15) is 19.8 Å². The molecule has 0 saturated heterocycles. The van der Waals surface area contributed by atoms with E-state index in [0.29, 0.717) is 6.42 Å². The van der Waals surface area contributed by atoms with E-state index in [2.05, 4.69) is 0 Å². The van der Waals surface area contributed by atoms with Crippen molar-refractivity contribution in [2.24, 2.45) is 0 Å². The molecular formula is C11H26O8. The topological polar surface area (TPSA) is 162 Å². The summed E-state index contributed by atoms with van der Waals surface area (Å²) in [5.41, 5.74) is 0. The van der Waals surface area contributed by atoms with E-state index in [0.717, 1.165) is 6.42 Å². The van der Waals surface area contributed by atoms with Crippen molar-refractivity contribution in [3.8, 4) is 0 Å². The third kappa shape index (κ3) is 10.2. The lowest BCUT2D eigenvalue weighted by Crippen LogP contribution is -2.46. The fraction of sp³-hybridized carbons (Fsp3) is 1.00. The summed E-state index contributed by atoms with van der Waals surface area (Å²) in [4.78, 5) is 0. The maximum Gasteiger partial charge on any atom is 0.111 e. The summed E-state index contributed by atoms with van der Waals surface area (Å²) >= 11 is 0. The normalized spacial score (nSPS) is 18.8. The molecule has 0 aliphatic carbocycles. The Balaban J connectivity index is 0. The summed E-state index contributed by atoms with van der Waals surface area (Å²) < 4.78 is 0. The van der Waals surface area contributed by atoms with Crippen molar-refractivity contribution in [1.29, 1.82) is 0 Å². The Bertz CT molecular complexity index is 178. The van der Waals surface area contributed by atoms with Crippen LogP contribution in [0.15, 0.2) is 0 Å². The Kier molecular flexibility index (Phi) is 14.0. The average molecular weight is 286 g/mol. The first kappa shape index (κ1) is 21.0. The largest absolute Gasteiger partial charge is 0.394 e. The molecule has 0 heterocycles. The lowest BCUT2D eigenvalue weighted by molar-refractivity contribution is -0.123. The summed E-state index contributed by atoms with van der Waals surface area (Å²) in [5, 5.41) is 69.0. The van der Waals surface area contributed by atoms with Crippen LogP contribution in [0.25, 0.3) is 0 Å². The third-order valence-electron chi connectivity index (χ3n) is 2.35. The smallest absolute Gasteiger partial charge is 0.111 e. The van der Waals surface area contributed by atoms with Gasteiger partial charge in [-0.3, -0.25) is 0 Å². The van der Waals surface area contributed by atoms with Crippen molar-refractivity contribution in [1.82, 2.24) is 0 Å². The minimum atomic E-state index is -1.67. The van der Waals surface area contributed by atoms with E-state index in [-0.39, 0.29) is 6.61 Å². The van der Waals surface area contributed by atoms with Crippen molar-refractivity contribution in [3.63, 3.8) is 0 Å². The van der Waals surface area contributed by atoms with Crippen molar-refractivity contribution >= 4 is 0 Å². The van der Waals surface area contributed by atoms with Gasteiger partial charge in [-0.05, 0) is 6.42 Å². The molecule has 118 valence electrons. The maximum atomic E-state index is 8.96. The lowest BCUT2D eigenvalue weighted by atomic mass is 10.0. The summed E-state index contributed by atoms with van der Waals surface area (Å²) in [6, 6.07) is 0. The van der Waals surface area contributed by atoms with Crippen LogP contribution in [0, 0.1) is 0 Å². The standard InChI is InChI=1S/C6H14O6.C5H12O2/c7-1-3(9)5(11)6(12)4(10)2-8;1-2-3-5(7)4-6/h3-12H,1-2H2;5-7H,2-4H2,1H3. The van der Waals surface area contributed by atoms with Crippen LogP contribution in [0.4, 0.5) is 0 Å². The maximum absolute atomic E-state index is 8.96. The molecule has 0 aliphatic heterocycles. The summed E-state index contributed by atoms with van der Waals surface area (Å²) in [7, 11) is 0. The van der Waals surface area contributed by atoms with Gasteiger partial charge < -0.3 is 40.9 Å². The highest BCUT2D eigenvalue weighted by Crippen LogP contribution is 2.04. The summed E-state index contributed by atoms with van der Waals surface area (Å²) in [6.45, 7) is 0.416. The number of hydrogen-bond donors (Lipinski definition) is 8. The Hall–Kier alpha value is -0.320. The van der Waals surface area contributed by atoms with Crippen LogP contribution >= 0.6 is 0 Å². The van der Waals surface area contributed by atoms with Crippen molar-refractivity contribution in [3.05, 3.63) is 0 Å². The first-order valence-electron chi connectivity index (χ1n) is 6.08. The van der Waals surface area contributed by atoms with E-state index in [4.69, 9.17) is 40.9 Å². The summed E-state index contributed by atoms with van der Waals surface area (Å²) in [6.07, 6.45) is -5.25. The van der Waals surface area contributed by atoms with E-state index in [1.54, 1.807) is 0 Å². The quantitative estimate of drug-likeness (QED) is 0.228. The molecule has 0 aromatic heterocycles. The van der Waals surface area contributed by atoms with Gasteiger partial charge >= 0.3 is 0 Å². The molecule has 0 fully saturated rings. The zero-order valence-electron chi connectivity index (χ0n) is 11.0. The first-order valence-corrected chi connectivity index (χ1v) is 6.08. The molecule has 0 bridgehead atoms. The zero-order valence-corrected chi connectivity index (χ0v) is 11.0. The van der Waals surface area contributed by atoms with Gasteiger partial charge in [0, 0.05) is 0 Å². The van der Waals surface area contributed by atoms with Gasteiger partial charge in [0.15, 0.2) is 0 Å². The molecular weight excluding hydrogens is 260 g/mol. The second-order valence-electron chi connectivity index (χ2n) is 4.11. The van der Waals surface area contributed by atoms with Gasteiger partial charge in [-0.2, -0.15) is 0 Å². The van der Waals surface area contributed by atoms with Crippen LogP contribution in [0.5, 0.6) is 0 Å². The molecule has 0 rings (SSSR count). The molecule has 8 heteroatoms. The Morgan fingerprint density at radius 2 is 1.05 bits per heavy atom. The second kappa shape index (κ2) is 12.7. The zero-order chi connectivity index (χ0) is 15.4. The highest BCUT2D eigenvalue weighted by atomic mass is 16.4. The molecule has 0 saturated carbocycles. The Labute approximate surface area is 112 Å². The van der Waals surface area contributed by atoms with Gasteiger partial charge in [0.2, 0.25) is 0 Å². The molecule has 0 amide bonds. The summed E-state index contributed by atoms with van der Waals surface area (Å²) in [5.74, 6) is 0. The minimum Gasteiger partial charge on any atom is -0.394 e. The van der Waals surface area contributed by atoms with Gasteiger partial charge in [-0.15, -0.1) is 0 Å². The molecule has 8 N–H and O–H groups in total. The molecule has 0 aliphatic rings. The van der Waals surface area contributed by atoms with E-state index >= 15 is 0 Å². The third-order valence-corrected chi connectivity index (χ3v) is 2.35. The molecule has 5 atom stereocenters. The van der Waals surface area contributed by atoms with E-state index in [1.807, 2.05) is 6.92 Å². The van der Waals surface area contributed by atoms with Crippen LogP contribution < -0.4 is 0 Å². The molecule has 0 aromatic rings.